The molecule has 3 fully saturated rings. The highest BCUT2D eigenvalue weighted by Gasteiger charge is 2.51. The molecular weight excluding hydrogens is 328 g/mol. The molecule has 2 aliphatic heterocycles. The summed E-state index contributed by atoms with van der Waals surface area (Å²) >= 11 is 0. The average molecular weight is 361 g/mol. The van der Waals surface area contributed by atoms with Crippen molar-refractivity contribution in [3.8, 4) is 0 Å². The molecule has 4 heteroatoms. The number of benzene rings is 1. The first-order chi connectivity index (χ1) is 11.9. The number of nitrogens with one attached hydrogen (secondary N) is 1. The predicted molar refractivity (Wildman–Crippen MR) is 107 cm³/mol. The molecule has 1 N–H and O–H groups in total. The number of fused-ring (bicyclic) bond motifs is 3. The Morgan fingerprint density at radius 2 is 1.96 bits per heavy atom. The van der Waals surface area contributed by atoms with Crippen LogP contribution in [0.1, 0.15) is 58.1 Å². The molecule has 0 amide bonds. The van der Waals surface area contributed by atoms with Gasteiger partial charge in [-0.2, -0.15) is 0 Å². The summed E-state index contributed by atoms with van der Waals surface area (Å²) in [5, 5.41) is 0. The van der Waals surface area contributed by atoms with Crippen molar-refractivity contribution in [2.45, 2.75) is 62.8 Å². The normalized spacial score (nSPS) is 29.3. The maximum Gasteiger partial charge on any atom is 0.0976 e. The first kappa shape index (κ1) is 18.8. The van der Waals surface area contributed by atoms with Crippen LogP contribution in [-0.4, -0.2) is 32.5 Å². The molecule has 2 bridgehead atoms. The lowest BCUT2D eigenvalue weighted by Gasteiger charge is -2.58. The van der Waals surface area contributed by atoms with Gasteiger partial charge in [0.2, 0.25) is 0 Å². The molecule has 3 aliphatic rings. The Kier molecular flexibility index (Phi) is 5.52. The van der Waals surface area contributed by atoms with E-state index in [-0.39, 0.29) is 16.3 Å². The standard InChI is InChI=1S/C21H32N2OS/c1-5-15-23-16-17-11-13-21(23,14-12-17)19(18-9-7-6-8-10-18)22-25(24)20(2,3)4/h5-10,17,19,22H,1,11-16H2,2-4H3/t17?,19-,21?,25-/m0/s1. The molecule has 0 unspecified atom stereocenters. The minimum Gasteiger partial charge on any atom is -0.292 e. The first-order valence-corrected chi connectivity index (χ1v) is 10.6. The van der Waals surface area contributed by atoms with E-state index in [2.05, 4.69) is 46.5 Å². The van der Waals surface area contributed by atoms with E-state index in [1.165, 1.54) is 31.2 Å². The van der Waals surface area contributed by atoms with Crippen LogP contribution in [0.4, 0.5) is 0 Å². The second-order valence-electron chi connectivity index (χ2n) is 8.58. The number of piperidine rings is 2. The van der Waals surface area contributed by atoms with Gasteiger partial charge in [-0.05, 0) is 57.9 Å². The summed E-state index contributed by atoms with van der Waals surface area (Å²) in [7, 11) is -1.10. The van der Waals surface area contributed by atoms with Gasteiger partial charge in [0.05, 0.1) is 21.8 Å². The molecule has 2 heterocycles. The van der Waals surface area contributed by atoms with Crippen LogP contribution in [0.5, 0.6) is 0 Å². The number of hydrogen-bond acceptors (Lipinski definition) is 2. The van der Waals surface area contributed by atoms with E-state index >= 15 is 0 Å². The monoisotopic (exact) mass is 360 g/mol. The molecular formula is C21H32N2OS. The van der Waals surface area contributed by atoms with Gasteiger partial charge in [0.15, 0.2) is 0 Å². The molecule has 0 spiro atoms. The Morgan fingerprint density at radius 3 is 2.52 bits per heavy atom. The maximum atomic E-state index is 13.0. The van der Waals surface area contributed by atoms with Crippen molar-refractivity contribution in [1.82, 2.24) is 9.62 Å². The van der Waals surface area contributed by atoms with Crippen LogP contribution in [-0.2, 0) is 11.0 Å². The van der Waals surface area contributed by atoms with Crippen molar-refractivity contribution in [2.75, 3.05) is 13.1 Å². The SMILES string of the molecule is C=CCN1CC2CCC1([C@@H](N[S@@](=O)C(C)(C)C)c1ccccc1)CC2. The van der Waals surface area contributed by atoms with Gasteiger partial charge in [-0.3, -0.25) is 4.90 Å². The van der Waals surface area contributed by atoms with Crippen molar-refractivity contribution in [1.29, 1.82) is 0 Å². The van der Waals surface area contributed by atoms with Crippen molar-refractivity contribution in [2.24, 2.45) is 5.92 Å². The summed E-state index contributed by atoms with van der Waals surface area (Å²) in [5.74, 6) is 0.811. The van der Waals surface area contributed by atoms with Gasteiger partial charge in [0.1, 0.15) is 0 Å². The third-order valence-electron chi connectivity index (χ3n) is 5.88. The molecule has 3 nitrogen and oxygen atoms in total. The Labute approximate surface area is 155 Å². The van der Waals surface area contributed by atoms with Crippen LogP contribution in [0.15, 0.2) is 43.0 Å². The van der Waals surface area contributed by atoms with Gasteiger partial charge in [-0.15, -0.1) is 6.58 Å². The van der Waals surface area contributed by atoms with Gasteiger partial charge in [0.25, 0.3) is 0 Å². The largest absolute Gasteiger partial charge is 0.292 e. The fraction of sp³-hybridized carbons (Fsp3) is 0.619. The second kappa shape index (κ2) is 7.34. The van der Waals surface area contributed by atoms with Crippen LogP contribution in [0.3, 0.4) is 0 Å². The highest BCUT2D eigenvalue weighted by atomic mass is 32.2. The van der Waals surface area contributed by atoms with Crippen molar-refractivity contribution < 1.29 is 4.21 Å². The van der Waals surface area contributed by atoms with E-state index in [1.807, 2.05) is 26.8 Å². The van der Waals surface area contributed by atoms with Crippen LogP contribution in [0.25, 0.3) is 0 Å². The van der Waals surface area contributed by atoms with Crippen molar-refractivity contribution in [3.63, 3.8) is 0 Å². The van der Waals surface area contributed by atoms with E-state index < -0.39 is 11.0 Å². The predicted octanol–water partition coefficient (Wildman–Crippen LogP) is 4.21. The minimum atomic E-state index is -1.10. The number of hydrogen-bond donors (Lipinski definition) is 1. The molecule has 0 radical (unpaired) electrons. The molecule has 1 aromatic carbocycles. The topological polar surface area (TPSA) is 32.3 Å². The lowest BCUT2D eigenvalue weighted by atomic mass is 9.66. The van der Waals surface area contributed by atoms with E-state index in [9.17, 15) is 4.21 Å². The van der Waals surface area contributed by atoms with Crippen molar-refractivity contribution >= 4 is 11.0 Å². The van der Waals surface area contributed by atoms with Gasteiger partial charge >= 0.3 is 0 Å². The molecule has 2 saturated heterocycles. The Balaban J connectivity index is 2.00. The molecule has 25 heavy (non-hydrogen) atoms. The molecule has 4 rings (SSSR count). The lowest BCUT2D eigenvalue weighted by Crippen LogP contribution is -2.64. The third-order valence-corrected chi connectivity index (χ3v) is 7.44. The molecule has 1 saturated carbocycles. The average Bonchev–Trinajstić information content (AvgIpc) is 2.61. The molecule has 138 valence electrons. The van der Waals surface area contributed by atoms with Gasteiger partial charge in [0, 0.05) is 18.6 Å². The van der Waals surface area contributed by atoms with Crippen LogP contribution in [0.2, 0.25) is 0 Å². The van der Waals surface area contributed by atoms with Crippen LogP contribution in [0, 0.1) is 5.92 Å². The van der Waals surface area contributed by atoms with Gasteiger partial charge < -0.3 is 0 Å². The summed E-state index contributed by atoms with van der Waals surface area (Å²) in [5.41, 5.74) is 1.28. The summed E-state index contributed by atoms with van der Waals surface area (Å²) in [6.07, 6.45) is 6.91. The highest BCUT2D eigenvalue weighted by molar-refractivity contribution is 7.84. The first-order valence-electron chi connectivity index (χ1n) is 9.46. The fourth-order valence-corrected chi connectivity index (χ4v) is 5.39. The molecule has 2 atom stereocenters. The van der Waals surface area contributed by atoms with E-state index in [1.54, 1.807) is 0 Å². The summed E-state index contributed by atoms with van der Waals surface area (Å²) < 4.78 is 16.3. The van der Waals surface area contributed by atoms with E-state index in [4.69, 9.17) is 0 Å². The summed E-state index contributed by atoms with van der Waals surface area (Å²) in [4.78, 5) is 2.60. The van der Waals surface area contributed by atoms with Gasteiger partial charge in [-0.25, -0.2) is 8.93 Å². The molecule has 1 aliphatic carbocycles. The Bertz CT molecular complexity index is 615. The zero-order chi connectivity index (χ0) is 18.1. The third kappa shape index (κ3) is 3.76. The maximum absolute atomic E-state index is 13.0. The summed E-state index contributed by atoms with van der Waals surface area (Å²) in [6, 6.07) is 10.7. The Hall–Kier alpha value is -0.970. The fourth-order valence-electron chi connectivity index (χ4n) is 4.47. The van der Waals surface area contributed by atoms with Crippen molar-refractivity contribution in [3.05, 3.63) is 48.6 Å². The highest BCUT2D eigenvalue weighted by Crippen LogP contribution is 2.49. The Morgan fingerprint density at radius 1 is 1.32 bits per heavy atom. The number of rotatable bonds is 6. The van der Waals surface area contributed by atoms with Crippen LogP contribution < -0.4 is 4.72 Å². The molecule has 0 aromatic heterocycles. The quantitative estimate of drug-likeness (QED) is 0.771. The minimum absolute atomic E-state index is 0.0329. The zero-order valence-corrected chi connectivity index (χ0v) is 16.6. The second-order valence-corrected chi connectivity index (χ2v) is 10.6. The smallest absolute Gasteiger partial charge is 0.0976 e. The molecule has 1 aromatic rings. The lowest BCUT2D eigenvalue weighted by molar-refractivity contribution is -0.0473. The van der Waals surface area contributed by atoms with Crippen LogP contribution >= 0.6 is 0 Å². The number of nitrogens with zero attached hydrogens (tertiary/aromatic N) is 1. The van der Waals surface area contributed by atoms with E-state index in [0.717, 1.165) is 19.0 Å². The summed E-state index contributed by atoms with van der Waals surface area (Å²) in [6.45, 7) is 12.1. The van der Waals surface area contributed by atoms with Gasteiger partial charge in [-0.1, -0.05) is 36.4 Å². The van der Waals surface area contributed by atoms with E-state index in [0.29, 0.717) is 0 Å². The zero-order valence-electron chi connectivity index (χ0n) is 15.8.